The Labute approximate surface area is 189 Å². The van der Waals surface area contributed by atoms with E-state index in [2.05, 4.69) is 47.2 Å². The summed E-state index contributed by atoms with van der Waals surface area (Å²) in [5.41, 5.74) is 4.50. The summed E-state index contributed by atoms with van der Waals surface area (Å²) < 4.78 is 5.55. The van der Waals surface area contributed by atoms with Gasteiger partial charge in [0.25, 0.3) is 5.91 Å². The zero-order valence-corrected chi connectivity index (χ0v) is 18.8. The Morgan fingerprint density at radius 2 is 2.09 bits per heavy atom. The van der Waals surface area contributed by atoms with Crippen LogP contribution in [0.3, 0.4) is 0 Å². The van der Waals surface area contributed by atoms with Gasteiger partial charge in [-0.25, -0.2) is 4.98 Å². The molecule has 0 bridgehead atoms. The number of nitrogens with one attached hydrogen (secondary N) is 2. The van der Waals surface area contributed by atoms with Crippen molar-refractivity contribution in [1.29, 1.82) is 0 Å². The number of aliphatic hydroxyl groups excluding tert-OH is 1. The molecule has 1 amide bonds. The lowest BCUT2D eigenvalue weighted by Gasteiger charge is -2.37. The standard InChI is InChI=1S/C26H31N3O3/c1-4-20-16-27-23(28-20)24(31)29-22-6-5-19(26(17-30)11-13-32-14-12-26)15-21(22)18-7-9-25(2,3)10-8-18/h1,5-7,15-16,30H,8-14,17H2,2-3H3,(H,27,28)(H,29,31). The largest absolute Gasteiger partial charge is 0.395 e. The van der Waals surface area contributed by atoms with Crippen LogP contribution in [0.15, 0.2) is 30.5 Å². The summed E-state index contributed by atoms with van der Waals surface area (Å²) in [6.45, 7) is 5.92. The molecule has 0 saturated carbocycles. The Hall–Kier alpha value is -2.88. The predicted octanol–water partition coefficient (Wildman–Crippen LogP) is 4.28. The highest BCUT2D eigenvalue weighted by Gasteiger charge is 2.35. The molecule has 0 unspecified atom stereocenters. The summed E-state index contributed by atoms with van der Waals surface area (Å²) in [4.78, 5) is 19.8. The van der Waals surface area contributed by atoms with Gasteiger partial charge >= 0.3 is 0 Å². The smallest absolute Gasteiger partial charge is 0.291 e. The van der Waals surface area contributed by atoms with Crippen molar-refractivity contribution in [1.82, 2.24) is 9.97 Å². The fourth-order valence-electron chi connectivity index (χ4n) is 4.56. The van der Waals surface area contributed by atoms with Gasteiger partial charge in [-0.15, -0.1) is 6.42 Å². The number of aromatic nitrogens is 2. The average Bonchev–Trinajstić information content (AvgIpc) is 3.29. The molecule has 1 fully saturated rings. The number of allylic oxidation sites excluding steroid dienone is 2. The number of amides is 1. The van der Waals surface area contributed by atoms with Gasteiger partial charge in [0.1, 0.15) is 5.69 Å². The summed E-state index contributed by atoms with van der Waals surface area (Å²) in [6, 6.07) is 6.11. The summed E-state index contributed by atoms with van der Waals surface area (Å²) in [5.74, 6) is 2.30. The van der Waals surface area contributed by atoms with E-state index in [0.29, 0.717) is 18.9 Å². The molecule has 0 radical (unpaired) electrons. The molecule has 6 heteroatoms. The van der Waals surface area contributed by atoms with Crippen LogP contribution in [0.1, 0.15) is 73.4 Å². The van der Waals surface area contributed by atoms with Gasteiger partial charge in [-0.1, -0.05) is 31.9 Å². The number of hydrogen-bond acceptors (Lipinski definition) is 4. The quantitative estimate of drug-likeness (QED) is 0.615. The Balaban J connectivity index is 1.71. The zero-order chi connectivity index (χ0) is 22.8. The van der Waals surface area contributed by atoms with Crippen molar-refractivity contribution in [3.63, 3.8) is 0 Å². The Morgan fingerprint density at radius 3 is 2.72 bits per heavy atom. The zero-order valence-electron chi connectivity index (χ0n) is 18.8. The average molecular weight is 434 g/mol. The molecule has 2 aromatic rings. The van der Waals surface area contributed by atoms with E-state index in [1.54, 1.807) is 0 Å². The fraction of sp³-hybridized carbons (Fsp3) is 0.462. The SMILES string of the molecule is C#Cc1cnc(C(=O)Nc2ccc(C3(CO)CCOCC3)cc2C2=CCC(C)(C)CC2)[nH]1. The monoisotopic (exact) mass is 433 g/mol. The lowest BCUT2D eigenvalue weighted by atomic mass is 9.73. The number of anilines is 1. The van der Waals surface area contributed by atoms with Crippen LogP contribution in [-0.4, -0.2) is 40.8 Å². The van der Waals surface area contributed by atoms with Crippen LogP contribution in [0.25, 0.3) is 5.57 Å². The first kappa shape index (κ1) is 22.3. The molecule has 2 aliphatic rings. The second kappa shape index (κ2) is 8.93. The fourth-order valence-corrected chi connectivity index (χ4v) is 4.56. The molecule has 168 valence electrons. The number of terminal acetylenes is 1. The summed E-state index contributed by atoms with van der Waals surface area (Å²) in [5, 5.41) is 13.3. The summed E-state index contributed by atoms with van der Waals surface area (Å²) >= 11 is 0. The van der Waals surface area contributed by atoms with E-state index in [-0.39, 0.29) is 29.2 Å². The maximum absolute atomic E-state index is 12.8. The van der Waals surface area contributed by atoms with E-state index >= 15 is 0 Å². The van der Waals surface area contributed by atoms with Gasteiger partial charge in [0.2, 0.25) is 0 Å². The van der Waals surface area contributed by atoms with Crippen molar-refractivity contribution < 1.29 is 14.6 Å². The van der Waals surface area contributed by atoms with E-state index < -0.39 is 0 Å². The number of ether oxygens (including phenoxy) is 1. The number of aliphatic hydroxyl groups is 1. The number of nitrogens with zero attached hydrogens (tertiary/aromatic N) is 1. The molecule has 1 saturated heterocycles. The van der Waals surface area contributed by atoms with E-state index in [0.717, 1.165) is 48.9 Å². The molecule has 0 atom stereocenters. The van der Waals surface area contributed by atoms with Crippen molar-refractivity contribution in [2.45, 2.75) is 51.4 Å². The van der Waals surface area contributed by atoms with E-state index in [1.165, 1.54) is 11.8 Å². The Morgan fingerprint density at radius 1 is 1.31 bits per heavy atom. The van der Waals surface area contributed by atoms with Gasteiger partial charge in [0.15, 0.2) is 5.82 Å². The van der Waals surface area contributed by atoms with E-state index in [9.17, 15) is 9.90 Å². The third-order valence-electron chi connectivity index (χ3n) is 6.90. The molecule has 4 rings (SSSR count). The van der Waals surface area contributed by atoms with Crippen molar-refractivity contribution in [2.24, 2.45) is 5.41 Å². The van der Waals surface area contributed by atoms with Crippen molar-refractivity contribution in [3.05, 3.63) is 53.1 Å². The van der Waals surface area contributed by atoms with Gasteiger partial charge in [0, 0.05) is 29.9 Å². The Bertz CT molecular complexity index is 1070. The third-order valence-corrected chi connectivity index (χ3v) is 6.90. The molecule has 3 N–H and O–H groups in total. The number of carbonyl (C=O) groups excluding carboxylic acids is 1. The van der Waals surface area contributed by atoms with E-state index in [4.69, 9.17) is 11.2 Å². The lowest BCUT2D eigenvalue weighted by Crippen LogP contribution is -2.37. The molecule has 1 aromatic heterocycles. The molecule has 1 aliphatic heterocycles. The normalized spacial score (nSPS) is 19.6. The summed E-state index contributed by atoms with van der Waals surface area (Å²) in [6.07, 6.45) is 13.7. The minimum absolute atomic E-state index is 0.0782. The maximum atomic E-state index is 12.8. The first-order chi connectivity index (χ1) is 15.4. The number of hydrogen-bond donors (Lipinski definition) is 3. The number of benzene rings is 1. The molecule has 6 nitrogen and oxygen atoms in total. The first-order valence-corrected chi connectivity index (χ1v) is 11.2. The number of H-pyrrole nitrogens is 1. The highest BCUT2D eigenvalue weighted by Crippen LogP contribution is 2.42. The molecule has 1 aliphatic carbocycles. The molecular formula is C26H31N3O3. The molecule has 2 heterocycles. The maximum Gasteiger partial charge on any atom is 0.291 e. The second-order valence-corrected chi connectivity index (χ2v) is 9.65. The third kappa shape index (κ3) is 4.50. The molecule has 1 aromatic carbocycles. The van der Waals surface area contributed by atoms with Crippen molar-refractivity contribution in [3.8, 4) is 12.3 Å². The van der Waals surface area contributed by atoms with Crippen LogP contribution in [0, 0.1) is 17.8 Å². The number of rotatable bonds is 5. The minimum atomic E-state index is -0.333. The van der Waals surface area contributed by atoms with Gasteiger partial charge < -0.3 is 20.1 Å². The van der Waals surface area contributed by atoms with Gasteiger partial charge in [-0.3, -0.25) is 4.79 Å². The van der Waals surface area contributed by atoms with Gasteiger partial charge in [-0.2, -0.15) is 0 Å². The first-order valence-electron chi connectivity index (χ1n) is 11.2. The van der Waals surface area contributed by atoms with Crippen LogP contribution in [0.4, 0.5) is 5.69 Å². The highest BCUT2D eigenvalue weighted by molar-refractivity contribution is 6.03. The van der Waals surface area contributed by atoms with Crippen LogP contribution in [0.5, 0.6) is 0 Å². The highest BCUT2D eigenvalue weighted by atomic mass is 16.5. The minimum Gasteiger partial charge on any atom is -0.395 e. The van der Waals surface area contributed by atoms with Crippen molar-refractivity contribution in [2.75, 3.05) is 25.1 Å². The summed E-state index contributed by atoms with van der Waals surface area (Å²) in [7, 11) is 0. The van der Waals surface area contributed by atoms with Crippen LogP contribution >= 0.6 is 0 Å². The number of imidazole rings is 1. The molecule has 0 spiro atoms. The van der Waals surface area contributed by atoms with E-state index in [1.807, 2.05) is 12.1 Å². The van der Waals surface area contributed by atoms with Crippen LogP contribution in [-0.2, 0) is 10.2 Å². The predicted molar refractivity (Wildman–Crippen MR) is 125 cm³/mol. The van der Waals surface area contributed by atoms with Crippen LogP contribution in [0.2, 0.25) is 0 Å². The topological polar surface area (TPSA) is 87.2 Å². The van der Waals surface area contributed by atoms with Gasteiger partial charge in [-0.05, 0) is 60.8 Å². The second-order valence-electron chi connectivity index (χ2n) is 9.65. The molecule has 32 heavy (non-hydrogen) atoms. The van der Waals surface area contributed by atoms with Crippen molar-refractivity contribution >= 4 is 17.2 Å². The number of aromatic amines is 1. The number of carbonyl (C=O) groups is 1. The van der Waals surface area contributed by atoms with Gasteiger partial charge in [0.05, 0.1) is 12.8 Å². The van der Waals surface area contributed by atoms with Crippen LogP contribution < -0.4 is 5.32 Å². The Kier molecular flexibility index (Phi) is 6.23. The lowest BCUT2D eigenvalue weighted by molar-refractivity contribution is 0.0253. The molecular weight excluding hydrogens is 402 g/mol.